The third-order valence-electron chi connectivity index (χ3n) is 7.46. The number of amides is 3. The van der Waals surface area contributed by atoms with Gasteiger partial charge in [-0.2, -0.15) is 0 Å². The second kappa shape index (κ2) is 10.7. The van der Waals surface area contributed by atoms with E-state index in [0.717, 1.165) is 17.9 Å². The number of hydrogen-bond donors (Lipinski definition) is 1. The summed E-state index contributed by atoms with van der Waals surface area (Å²) in [5.41, 5.74) is 1.07. The van der Waals surface area contributed by atoms with Crippen molar-refractivity contribution in [2.45, 2.75) is 51.1 Å². The molecular weight excluding hydrogens is 497 g/mol. The van der Waals surface area contributed by atoms with Crippen LogP contribution in [0.3, 0.4) is 0 Å². The number of halogens is 2. The summed E-state index contributed by atoms with van der Waals surface area (Å²) in [6, 6.07) is 8.94. The van der Waals surface area contributed by atoms with Crippen molar-refractivity contribution >= 4 is 29.3 Å². The van der Waals surface area contributed by atoms with Gasteiger partial charge in [-0.25, -0.2) is 4.39 Å². The van der Waals surface area contributed by atoms with Crippen molar-refractivity contribution in [2.75, 3.05) is 20.1 Å². The molecule has 2 heterocycles. The molecule has 0 aromatic heterocycles. The Morgan fingerprint density at radius 1 is 1.05 bits per heavy atom. The first-order valence-electron chi connectivity index (χ1n) is 12.8. The van der Waals surface area contributed by atoms with Gasteiger partial charge >= 0.3 is 0 Å². The van der Waals surface area contributed by atoms with Gasteiger partial charge in [0.1, 0.15) is 17.3 Å². The fourth-order valence-electron chi connectivity index (χ4n) is 5.10. The Hall–Kier alpha value is -3.13. The molecule has 3 fully saturated rings. The molecule has 5 rings (SSSR count). The van der Waals surface area contributed by atoms with Crippen LogP contribution < -0.4 is 10.1 Å². The summed E-state index contributed by atoms with van der Waals surface area (Å²) in [6.45, 7) is 1.50. The quantitative estimate of drug-likeness (QED) is 0.509. The molecule has 3 aliphatic rings. The van der Waals surface area contributed by atoms with Gasteiger partial charge in [-0.05, 0) is 42.5 Å². The summed E-state index contributed by atoms with van der Waals surface area (Å²) < 4.78 is 20.1. The van der Waals surface area contributed by atoms with Crippen LogP contribution in [0.5, 0.6) is 11.5 Å². The largest absolute Gasteiger partial charge is 0.457 e. The Morgan fingerprint density at radius 3 is 2.54 bits per heavy atom. The van der Waals surface area contributed by atoms with E-state index in [9.17, 15) is 18.8 Å². The zero-order valence-electron chi connectivity index (χ0n) is 20.8. The molecule has 1 saturated carbocycles. The molecule has 9 heteroatoms. The van der Waals surface area contributed by atoms with Gasteiger partial charge in [0, 0.05) is 56.7 Å². The van der Waals surface area contributed by atoms with Crippen LogP contribution in [0, 0.1) is 17.7 Å². The lowest BCUT2D eigenvalue weighted by Gasteiger charge is -2.20. The number of rotatable bonds is 9. The highest BCUT2D eigenvalue weighted by Crippen LogP contribution is 2.37. The number of ether oxygens (including phenoxy) is 1. The third kappa shape index (κ3) is 6.24. The summed E-state index contributed by atoms with van der Waals surface area (Å²) >= 11 is 5.82. The zero-order valence-corrected chi connectivity index (χ0v) is 21.6. The maximum Gasteiger partial charge on any atom is 0.251 e. The first-order valence-corrected chi connectivity index (χ1v) is 13.2. The molecule has 2 unspecified atom stereocenters. The SMILES string of the molecule is CN1CC(NC(=O)c2ccc(CN3CC(CCC4CC4)CC3=O)c(Oc3ccc(Cl)c(F)c3)c2)CC1=O. The van der Waals surface area contributed by atoms with Gasteiger partial charge in [-0.1, -0.05) is 36.9 Å². The second-order valence-corrected chi connectivity index (χ2v) is 10.9. The first kappa shape index (κ1) is 25.5. The van der Waals surface area contributed by atoms with E-state index in [1.165, 1.54) is 31.4 Å². The monoisotopic (exact) mass is 527 g/mol. The Balaban J connectivity index is 1.34. The van der Waals surface area contributed by atoms with Crippen molar-refractivity contribution in [1.29, 1.82) is 0 Å². The lowest BCUT2D eigenvalue weighted by molar-refractivity contribution is -0.128. The summed E-state index contributed by atoms with van der Waals surface area (Å²) in [4.78, 5) is 41.0. The molecule has 1 aliphatic carbocycles. The van der Waals surface area contributed by atoms with Crippen molar-refractivity contribution < 1.29 is 23.5 Å². The van der Waals surface area contributed by atoms with Crippen molar-refractivity contribution in [1.82, 2.24) is 15.1 Å². The van der Waals surface area contributed by atoms with Gasteiger partial charge in [0.25, 0.3) is 5.91 Å². The second-order valence-electron chi connectivity index (χ2n) is 10.5. The summed E-state index contributed by atoms with van der Waals surface area (Å²) in [6.07, 6.45) is 5.69. The van der Waals surface area contributed by atoms with E-state index in [4.69, 9.17) is 16.3 Å². The fourth-order valence-corrected chi connectivity index (χ4v) is 5.22. The standard InChI is InChI=1S/C28H31ClFN3O4/c1-32-16-21(12-26(32)34)31-28(36)19-6-7-20(25(11-19)37-22-8-9-23(29)24(30)13-22)15-33-14-18(10-27(33)35)5-4-17-2-3-17/h6-9,11,13,17-18,21H,2-5,10,12,14-16H2,1H3,(H,31,36). The molecule has 196 valence electrons. The molecule has 2 atom stereocenters. The number of carbonyl (C=O) groups is 3. The van der Waals surface area contributed by atoms with Crippen LogP contribution >= 0.6 is 11.6 Å². The van der Waals surface area contributed by atoms with E-state index >= 15 is 0 Å². The van der Waals surface area contributed by atoms with Crippen LogP contribution in [0.4, 0.5) is 4.39 Å². The number of hydrogen-bond acceptors (Lipinski definition) is 4. The minimum absolute atomic E-state index is 0.0137. The van der Waals surface area contributed by atoms with Gasteiger partial charge in [-0.15, -0.1) is 0 Å². The Morgan fingerprint density at radius 2 is 1.84 bits per heavy atom. The van der Waals surface area contributed by atoms with Crippen LogP contribution in [0.25, 0.3) is 0 Å². The molecule has 0 spiro atoms. The highest BCUT2D eigenvalue weighted by molar-refractivity contribution is 6.30. The van der Waals surface area contributed by atoms with E-state index in [0.29, 0.717) is 43.3 Å². The van der Waals surface area contributed by atoms with Crippen LogP contribution in [0.1, 0.15) is 54.4 Å². The molecule has 0 bridgehead atoms. The van der Waals surface area contributed by atoms with Gasteiger partial charge in [0.05, 0.1) is 11.1 Å². The molecule has 2 saturated heterocycles. The molecule has 1 N–H and O–H groups in total. The highest BCUT2D eigenvalue weighted by atomic mass is 35.5. The van der Waals surface area contributed by atoms with Crippen LogP contribution in [-0.4, -0.2) is 53.7 Å². The van der Waals surface area contributed by atoms with Gasteiger partial charge in [0.15, 0.2) is 0 Å². The molecule has 37 heavy (non-hydrogen) atoms. The molecular formula is C28H31ClFN3O4. The fraction of sp³-hybridized carbons (Fsp3) is 0.464. The highest BCUT2D eigenvalue weighted by Gasteiger charge is 2.32. The maximum absolute atomic E-state index is 14.1. The molecule has 7 nitrogen and oxygen atoms in total. The summed E-state index contributed by atoms with van der Waals surface area (Å²) in [5.74, 6) is 0.954. The lowest BCUT2D eigenvalue weighted by atomic mass is 10.0. The molecule has 3 amide bonds. The number of nitrogens with one attached hydrogen (secondary N) is 1. The minimum atomic E-state index is -0.613. The van der Waals surface area contributed by atoms with Crippen molar-refractivity contribution in [3.8, 4) is 11.5 Å². The van der Waals surface area contributed by atoms with Crippen LogP contribution in [0.2, 0.25) is 5.02 Å². The number of carbonyl (C=O) groups excluding carboxylic acids is 3. The van der Waals surface area contributed by atoms with Gasteiger partial charge in [0.2, 0.25) is 11.8 Å². The van der Waals surface area contributed by atoms with E-state index in [-0.39, 0.29) is 41.0 Å². The summed E-state index contributed by atoms with van der Waals surface area (Å²) in [5, 5.41) is 2.88. The van der Waals surface area contributed by atoms with Crippen molar-refractivity contribution in [3.63, 3.8) is 0 Å². The van der Waals surface area contributed by atoms with E-state index in [1.54, 1.807) is 36.2 Å². The van der Waals surface area contributed by atoms with Crippen LogP contribution in [0.15, 0.2) is 36.4 Å². The van der Waals surface area contributed by atoms with Crippen molar-refractivity contribution in [3.05, 3.63) is 58.4 Å². The van der Waals surface area contributed by atoms with E-state index in [1.807, 2.05) is 4.90 Å². The average molecular weight is 528 g/mol. The Labute approximate surface area is 220 Å². The zero-order chi connectivity index (χ0) is 26.1. The molecule has 2 aromatic carbocycles. The third-order valence-corrected chi connectivity index (χ3v) is 7.77. The normalized spacial score (nSPS) is 21.6. The first-order chi connectivity index (χ1) is 17.7. The molecule has 2 aromatic rings. The minimum Gasteiger partial charge on any atom is -0.457 e. The number of likely N-dealkylation sites (tertiary alicyclic amines) is 2. The topological polar surface area (TPSA) is 79.0 Å². The Kier molecular flexibility index (Phi) is 7.38. The number of benzene rings is 2. The smallest absolute Gasteiger partial charge is 0.251 e. The van der Waals surface area contributed by atoms with E-state index < -0.39 is 5.82 Å². The summed E-state index contributed by atoms with van der Waals surface area (Å²) in [7, 11) is 1.70. The van der Waals surface area contributed by atoms with Crippen LogP contribution in [-0.2, 0) is 16.1 Å². The lowest BCUT2D eigenvalue weighted by Crippen LogP contribution is -2.36. The number of likely N-dealkylation sites (N-methyl/N-ethyl adjacent to an activating group) is 1. The Bertz CT molecular complexity index is 1220. The average Bonchev–Trinajstić information content (AvgIpc) is 3.55. The van der Waals surface area contributed by atoms with Gasteiger partial charge in [-0.3, -0.25) is 14.4 Å². The molecule has 2 aliphatic heterocycles. The predicted molar refractivity (Wildman–Crippen MR) is 137 cm³/mol. The van der Waals surface area contributed by atoms with Crippen molar-refractivity contribution in [2.24, 2.45) is 11.8 Å². The molecule has 0 radical (unpaired) electrons. The predicted octanol–water partition coefficient (Wildman–Crippen LogP) is 4.77. The van der Waals surface area contributed by atoms with E-state index in [2.05, 4.69) is 5.32 Å². The maximum atomic E-state index is 14.1. The number of nitrogens with zero attached hydrogens (tertiary/aromatic N) is 2. The van der Waals surface area contributed by atoms with Gasteiger partial charge < -0.3 is 19.9 Å².